The summed E-state index contributed by atoms with van der Waals surface area (Å²) < 4.78 is 0. The van der Waals surface area contributed by atoms with Crippen LogP contribution in [-0.2, 0) is 0 Å². The summed E-state index contributed by atoms with van der Waals surface area (Å²) in [4.78, 5) is 5.22. The molecule has 1 N–H and O–H groups in total. The number of hydrogen-bond acceptors (Lipinski definition) is 3. The van der Waals surface area contributed by atoms with Crippen molar-refractivity contribution in [3.8, 4) is 0 Å². The molecule has 2 aliphatic rings. The number of anilines is 2. The Morgan fingerprint density at radius 1 is 1.00 bits per heavy atom. The van der Waals surface area contributed by atoms with Crippen LogP contribution < -0.4 is 10.2 Å². The largest absolute Gasteiger partial charge is 0.338 e. The van der Waals surface area contributed by atoms with Crippen LogP contribution in [0.4, 0.5) is 11.4 Å². The van der Waals surface area contributed by atoms with Gasteiger partial charge >= 0.3 is 0 Å². The van der Waals surface area contributed by atoms with Gasteiger partial charge in [0, 0.05) is 22.4 Å². The van der Waals surface area contributed by atoms with Crippen molar-refractivity contribution in [1.29, 1.82) is 0 Å². The summed E-state index contributed by atoms with van der Waals surface area (Å²) >= 11 is 1.88. The highest BCUT2D eigenvalue weighted by Crippen LogP contribution is 2.47. The molecule has 0 saturated carbocycles. The summed E-state index contributed by atoms with van der Waals surface area (Å²) in [5.41, 5.74) is 2.70. The van der Waals surface area contributed by atoms with Gasteiger partial charge in [-0.3, -0.25) is 0 Å². The zero-order chi connectivity index (χ0) is 13.4. The summed E-state index contributed by atoms with van der Waals surface area (Å²) in [6.07, 6.45) is 2.59. The lowest BCUT2D eigenvalue weighted by atomic mass is 10.1. The van der Waals surface area contributed by atoms with Gasteiger partial charge in [0.25, 0.3) is 0 Å². The maximum atomic E-state index is 3.62. The lowest BCUT2D eigenvalue weighted by molar-refractivity contribution is 0.606. The summed E-state index contributed by atoms with van der Waals surface area (Å²) in [6.45, 7) is 2.23. The molecule has 0 radical (unpaired) electrons. The Hall–Kier alpha value is -1.45. The zero-order valence-electron chi connectivity index (χ0n) is 11.4. The van der Waals surface area contributed by atoms with Crippen molar-refractivity contribution < 1.29 is 0 Å². The normalized spacial score (nSPS) is 20.6. The molecule has 1 fully saturated rings. The van der Waals surface area contributed by atoms with Gasteiger partial charge in [-0.05, 0) is 43.7 Å². The molecule has 102 valence electrons. The monoisotopic (exact) mass is 282 g/mol. The third-order valence-electron chi connectivity index (χ3n) is 4.10. The molecule has 2 aromatic carbocycles. The van der Waals surface area contributed by atoms with E-state index in [0.29, 0.717) is 6.04 Å². The van der Waals surface area contributed by atoms with Crippen LogP contribution >= 0.6 is 11.8 Å². The van der Waals surface area contributed by atoms with Gasteiger partial charge in [-0.2, -0.15) is 0 Å². The van der Waals surface area contributed by atoms with Crippen molar-refractivity contribution in [3.05, 3.63) is 48.5 Å². The fourth-order valence-electron chi connectivity index (χ4n) is 3.11. The van der Waals surface area contributed by atoms with Gasteiger partial charge in [0.15, 0.2) is 0 Å². The van der Waals surface area contributed by atoms with Gasteiger partial charge in [-0.1, -0.05) is 36.0 Å². The predicted molar refractivity (Wildman–Crippen MR) is 85.0 cm³/mol. The molecule has 2 aromatic rings. The zero-order valence-corrected chi connectivity index (χ0v) is 12.2. The average Bonchev–Trinajstić information content (AvgIpc) is 3.00. The van der Waals surface area contributed by atoms with E-state index in [1.54, 1.807) is 0 Å². The van der Waals surface area contributed by atoms with E-state index in [1.807, 2.05) is 11.8 Å². The van der Waals surface area contributed by atoms with Crippen LogP contribution in [0.15, 0.2) is 58.3 Å². The SMILES string of the molecule is c1ccc2c(c1)Sc1ccccc1N2C[C@H]1CCCN1. The maximum Gasteiger partial charge on any atom is 0.0553 e. The predicted octanol–water partition coefficient (Wildman–Crippen LogP) is 4.04. The van der Waals surface area contributed by atoms with Gasteiger partial charge in [-0.15, -0.1) is 0 Å². The van der Waals surface area contributed by atoms with E-state index in [4.69, 9.17) is 0 Å². The lowest BCUT2D eigenvalue weighted by Crippen LogP contribution is -2.36. The number of hydrogen-bond donors (Lipinski definition) is 1. The van der Waals surface area contributed by atoms with E-state index in [1.165, 1.54) is 34.0 Å². The van der Waals surface area contributed by atoms with Crippen LogP contribution in [-0.4, -0.2) is 19.1 Å². The minimum Gasteiger partial charge on any atom is -0.338 e. The minimum atomic E-state index is 0.610. The van der Waals surface area contributed by atoms with Crippen molar-refractivity contribution in [2.45, 2.75) is 28.7 Å². The van der Waals surface area contributed by atoms with E-state index in [-0.39, 0.29) is 0 Å². The first-order valence-electron chi connectivity index (χ1n) is 7.29. The maximum absolute atomic E-state index is 3.62. The first kappa shape index (κ1) is 12.3. The van der Waals surface area contributed by atoms with Gasteiger partial charge < -0.3 is 10.2 Å². The fourth-order valence-corrected chi connectivity index (χ4v) is 4.21. The topological polar surface area (TPSA) is 15.3 Å². The first-order valence-corrected chi connectivity index (χ1v) is 8.10. The Bertz CT molecular complexity index is 574. The molecule has 2 heterocycles. The molecule has 0 aromatic heterocycles. The van der Waals surface area contributed by atoms with Crippen molar-refractivity contribution >= 4 is 23.1 Å². The second-order valence-electron chi connectivity index (χ2n) is 5.44. The van der Waals surface area contributed by atoms with Crippen LogP contribution in [0.3, 0.4) is 0 Å². The molecule has 0 spiro atoms. The number of nitrogens with zero attached hydrogens (tertiary/aromatic N) is 1. The molecule has 0 amide bonds. The summed E-state index contributed by atoms with van der Waals surface area (Å²) in [6, 6.07) is 18.1. The van der Waals surface area contributed by atoms with E-state index >= 15 is 0 Å². The molecule has 1 saturated heterocycles. The second kappa shape index (κ2) is 5.15. The molecule has 1 atom stereocenters. The van der Waals surface area contributed by atoms with Crippen LogP contribution in [0.1, 0.15) is 12.8 Å². The smallest absolute Gasteiger partial charge is 0.0553 e. The molecule has 0 bridgehead atoms. The van der Waals surface area contributed by atoms with Gasteiger partial charge in [0.05, 0.1) is 11.4 Å². The first-order chi connectivity index (χ1) is 9.92. The highest BCUT2D eigenvalue weighted by atomic mass is 32.2. The fraction of sp³-hybridized carbons (Fsp3) is 0.294. The van der Waals surface area contributed by atoms with Crippen LogP contribution in [0, 0.1) is 0 Å². The van der Waals surface area contributed by atoms with E-state index < -0.39 is 0 Å². The Morgan fingerprint density at radius 2 is 1.65 bits per heavy atom. The average molecular weight is 282 g/mol. The number of para-hydroxylation sites is 2. The Kier molecular flexibility index (Phi) is 3.17. The minimum absolute atomic E-state index is 0.610. The molecule has 4 rings (SSSR count). The number of benzene rings is 2. The summed E-state index contributed by atoms with van der Waals surface area (Å²) in [7, 11) is 0. The molecule has 2 nitrogen and oxygen atoms in total. The van der Waals surface area contributed by atoms with E-state index in [0.717, 1.165) is 13.1 Å². The van der Waals surface area contributed by atoms with Crippen molar-refractivity contribution in [1.82, 2.24) is 5.32 Å². The molecule has 3 heteroatoms. The Morgan fingerprint density at radius 3 is 2.25 bits per heavy atom. The van der Waals surface area contributed by atoms with Crippen LogP contribution in [0.25, 0.3) is 0 Å². The Labute approximate surface area is 124 Å². The Balaban J connectivity index is 1.75. The van der Waals surface area contributed by atoms with Crippen LogP contribution in [0.5, 0.6) is 0 Å². The van der Waals surface area contributed by atoms with Gasteiger partial charge in [0.2, 0.25) is 0 Å². The van der Waals surface area contributed by atoms with E-state index in [9.17, 15) is 0 Å². The quantitative estimate of drug-likeness (QED) is 0.895. The second-order valence-corrected chi connectivity index (χ2v) is 6.53. The van der Waals surface area contributed by atoms with Crippen molar-refractivity contribution in [2.75, 3.05) is 18.0 Å². The third-order valence-corrected chi connectivity index (χ3v) is 5.23. The third kappa shape index (κ3) is 2.11. The van der Waals surface area contributed by atoms with Crippen molar-refractivity contribution in [3.63, 3.8) is 0 Å². The molecule has 20 heavy (non-hydrogen) atoms. The molecular formula is C17H18N2S. The standard InChI is InChI=1S/C17H18N2S/c1-3-9-16-14(7-1)19(12-13-6-5-11-18-13)15-8-2-4-10-17(15)20-16/h1-4,7-10,13,18H,5-6,11-12H2/t13-/m1/s1. The van der Waals surface area contributed by atoms with Crippen LogP contribution in [0.2, 0.25) is 0 Å². The van der Waals surface area contributed by atoms with Crippen molar-refractivity contribution in [2.24, 2.45) is 0 Å². The lowest BCUT2D eigenvalue weighted by Gasteiger charge is -2.34. The molecule has 2 aliphatic heterocycles. The van der Waals surface area contributed by atoms with Gasteiger partial charge in [-0.25, -0.2) is 0 Å². The van der Waals surface area contributed by atoms with Gasteiger partial charge in [0.1, 0.15) is 0 Å². The molecule has 0 aliphatic carbocycles. The summed E-state index contributed by atoms with van der Waals surface area (Å²) in [5, 5.41) is 3.62. The number of nitrogens with one attached hydrogen (secondary N) is 1. The van der Waals surface area contributed by atoms with E-state index in [2.05, 4.69) is 58.7 Å². The number of fused-ring (bicyclic) bond motifs is 2. The summed E-state index contributed by atoms with van der Waals surface area (Å²) in [5.74, 6) is 0. The highest BCUT2D eigenvalue weighted by molar-refractivity contribution is 7.99. The highest BCUT2D eigenvalue weighted by Gasteiger charge is 2.26. The molecule has 0 unspecified atom stereocenters. The number of rotatable bonds is 2. The molecular weight excluding hydrogens is 264 g/mol.